The predicted molar refractivity (Wildman–Crippen MR) is 142 cm³/mol. The van der Waals surface area contributed by atoms with Gasteiger partial charge in [0.1, 0.15) is 11.5 Å². The van der Waals surface area contributed by atoms with Crippen molar-refractivity contribution in [2.75, 3.05) is 17.7 Å². The molecule has 39 heavy (non-hydrogen) atoms. The van der Waals surface area contributed by atoms with Gasteiger partial charge in [0.25, 0.3) is 0 Å². The van der Waals surface area contributed by atoms with Crippen LogP contribution in [0.4, 0.5) is 18.9 Å². The number of amides is 1. The van der Waals surface area contributed by atoms with Gasteiger partial charge in [0.15, 0.2) is 11.0 Å². The zero-order chi connectivity index (χ0) is 27.4. The standard InChI is InChI=1S/C27H22F3N5O3S/c1-2-37-19-13-9-18(10-14-19)35-25(22-15-31-23-6-4-3-5-21(22)23)33-34-26(35)39-16-24(36)32-17-7-11-20(12-8-17)38-27(28,29)30/h3-15,31H,2,16H2,1H3,(H,32,36). The number of thioether (sulfide) groups is 1. The van der Waals surface area contributed by atoms with Crippen molar-refractivity contribution in [2.45, 2.75) is 18.4 Å². The summed E-state index contributed by atoms with van der Waals surface area (Å²) in [6.07, 6.45) is -2.92. The minimum Gasteiger partial charge on any atom is -0.494 e. The zero-order valence-corrected chi connectivity index (χ0v) is 21.3. The number of aromatic amines is 1. The van der Waals surface area contributed by atoms with Crippen molar-refractivity contribution >= 4 is 34.3 Å². The van der Waals surface area contributed by atoms with Gasteiger partial charge in [0, 0.05) is 34.0 Å². The lowest BCUT2D eigenvalue weighted by Gasteiger charge is -2.12. The largest absolute Gasteiger partial charge is 0.573 e. The Morgan fingerprint density at radius 1 is 1.00 bits per heavy atom. The minimum absolute atomic E-state index is 0.0101. The van der Waals surface area contributed by atoms with Crippen LogP contribution in [0, 0.1) is 0 Å². The molecule has 1 amide bonds. The first kappa shape index (κ1) is 26.2. The highest BCUT2D eigenvalue weighted by molar-refractivity contribution is 7.99. The molecule has 0 saturated carbocycles. The SMILES string of the molecule is CCOc1ccc(-n2c(SCC(=O)Nc3ccc(OC(F)(F)F)cc3)nnc2-c2c[nH]c3ccccc23)cc1. The van der Waals surface area contributed by atoms with E-state index in [1.165, 1.54) is 23.9 Å². The molecule has 0 radical (unpaired) electrons. The van der Waals surface area contributed by atoms with E-state index in [0.717, 1.165) is 40.0 Å². The number of carbonyl (C=O) groups excluding carboxylic acids is 1. The van der Waals surface area contributed by atoms with Gasteiger partial charge in [-0.25, -0.2) is 0 Å². The van der Waals surface area contributed by atoms with Crippen LogP contribution in [0.1, 0.15) is 6.92 Å². The number of anilines is 1. The topological polar surface area (TPSA) is 94.1 Å². The summed E-state index contributed by atoms with van der Waals surface area (Å²) in [6.45, 7) is 2.45. The number of aromatic nitrogens is 4. The molecule has 0 aliphatic rings. The summed E-state index contributed by atoms with van der Waals surface area (Å²) in [5.41, 5.74) is 2.92. The first-order valence-electron chi connectivity index (χ1n) is 11.8. The fraction of sp³-hybridized carbons (Fsp3) is 0.148. The second kappa shape index (κ2) is 11.1. The lowest BCUT2D eigenvalue weighted by atomic mass is 10.1. The van der Waals surface area contributed by atoms with Crippen LogP contribution in [0.25, 0.3) is 28.0 Å². The van der Waals surface area contributed by atoms with Gasteiger partial charge in [0.2, 0.25) is 5.91 Å². The van der Waals surface area contributed by atoms with Gasteiger partial charge in [-0.3, -0.25) is 9.36 Å². The Morgan fingerprint density at radius 3 is 2.44 bits per heavy atom. The quantitative estimate of drug-likeness (QED) is 0.204. The molecular weight excluding hydrogens is 531 g/mol. The van der Waals surface area contributed by atoms with Gasteiger partial charge in [0.05, 0.1) is 12.4 Å². The zero-order valence-electron chi connectivity index (χ0n) is 20.5. The highest BCUT2D eigenvalue weighted by Crippen LogP contribution is 2.33. The van der Waals surface area contributed by atoms with E-state index >= 15 is 0 Å². The highest BCUT2D eigenvalue weighted by atomic mass is 32.2. The number of fused-ring (bicyclic) bond motifs is 1. The number of halogens is 3. The van der Waals surface area contributed by atoms with Crippen LogP contribution in [0.2, 0.25) is 0 Å². The van der Waals surface area contributed by atoms with Gasteiger partial charge in [-0.15, -0.1) is 23.4 Å². The molecule has 0 bridgehead atoms. The monoisotopic (exact) mass is 553 g/mol. The number of para-hydroxylation sites is 1. The van der Waals surface area contributed by atoms with Crippen LogP contribution >= 0.6 is 11.8 Å². The molecule has 12 heteroatoms. The van der Waals surface area contributed by atoms with Crippen LogP contribution in [0.3, 0.4) is 0 Å². The summed E-state index contributed by atoms with van der Waals surface area (Å²) in [4.78, 5) is 15.9. The van der Waals surface area contributed by atoms with Gasteiger partial charge in [-0.1, -0.05) is 30.0 Å². The van der Waals surface area contributed by atoms with E-state index in [0.29, 0.717) is 23.3 Å². The van der Waals surface area contributed by atoms with E-state index < -0.39 is 6.36 Å². The Labute approximate surface area is 225 Å². The molecule has 0 unspecified atom stereocenters. The molecule has 2 N–H and O–H groups in total. The Balaban J connectivity index is 1.38. The summed E-state index contributed by atoms with van der Waals surface area (Å²) in [5, 5.41) is 12.9. The fourth-order valence-electron chi connectivity index (χ4n) is 3.95. The average Bonchev–Trinajstić information content (AvgIpc) is 3.52. The van der Waals surface area contributed by atoms with Crippen molar-refractivity contribution in [1.82, 2.24) is 19.7 Å². The Kier molecular flexibility index (Phi) is 7.46. The predicted octanol–water partition coefficient (Wildman–Crippen LogP) is 6.44. The van der Waals surface area contributed by atoms with Gasteiger partial charge >= 0.3 is 6.36 Å². The summed E-state index contributed by atoms with van der Waals surface area (Å²) >= 11 is 1.18. The number of H-pyrrole nitrogens is 1. The van der Waals surface area contributed by atoms with Crippen LogP contribution in [0.5, 0.6) is 11.5 Å². The van der Waals surface area contributed by atoms with E-state index in [1.54, 1.807) is 0 Å². The van der Waals surface area contributed by atoms with Gasteiger partial charge < -0.3 is 19.8 Å². The summed E-state index contributed by atoms with van der Waals surface area (Å²) in [6, 6.07) is 20.3. The van der Waals surface area contributed by atoms with Crippen LogP contribution in [0.15, 0.2) is 84.1 Å². The van der Waals surface area contributed by atoms with Crippen molar-refractivity contribution in [2.24, 2.45) is 0 Å². The molecule has 200 valence electrons. The molecule has 2 aromatic heterocycles. The second-order valence-electron chi connectivity index (χ2n) is 8.23. The Hall–Kier alpha value is -4.45. The van der Waals surface area contributed by atoms with E-state index in [-0.39, 0.29) is 17.4 Å². The van der Waals surface area contributed by atoms with E-state index in [1.807, 2.05) is 66.2 Å². The van der Waals surface area contributed by atoms with E-state index in [9.17, 15) is 18.0 Å². The average molecular weight is 554 g/mol. The first-order chi connectivity index (χ1) is 18.8. The lowest BCUT2D eigenvalue weighted by Crippen LogP contribution is -2.17. The molecule has 5 rings (SSSR count). The smallest absolute Gasteiger partial charge is 0.494 e. The number of hydrogen-bond acceptors (Lipinski definition) is 6. The molecule has 8 nitrogen and oxygen atoms in total. The van der Waals surface area contributed by atoms with Crippen LogP contribution in [-0.2, 0) is 4.79 Å². The number of ether oxygens (including phenoxy) is 2. The van der Waals surface area contributed by atoms with Crippen molar-refractivity contribution in [1.29, 1.82) is 0 Å². The summed E-state index contributed by atoms with van der Waals surface area (Å²) < 4.78 is 48.4. The molecule has 3 aromatic carbocycles. The van der Waals surface area contributed by atoms with E-state index in [2.05, 4.69) is 25.2 Å². The molecule has 0 spiro atoms. The number of hydrogen-bond donors (Lipinski definition) is 2. The number of benzene rings is 3. The van der Waals surface area contributed by atoms with Crippen molar-refractivity contribution in [3.8, 4) is 28.6 Å². The van der Waals surface area contributed by atoms with Crippen LogP contribution in [-0.4, -0.2) is 44.4 Å². The number of nitrogens with zero attached hydrogens (tertiary/aromatic N) is 3. The molecular formula is C27H22F3N5O3S. The van der Waals surface area contributed by atoms with Crippen molar-refractivity contribution < 1.29 is 27.4 Å². The lowest BCUT2D eigenvalue weighted by molar-refractivity contribution is -0.274. The second-order valence-corrected chi connectivity index (χ2v) is 9.17. The Morgan fingerprint density at radius 2 is 1.72 bits per heavy atom. The number of alkyl halides is 3. The van der Waals surface area contributed by atoms with E-state index in [4.69, 9.17) is 4.74 Å². The number of carbonyl (C=O) groups is 1. The summed E-state index contributed by atoms with van der Waals surface area (Å²) in [7, 11) is 0. The third-order valence-corrected chi connectivity index (χ3v) is 6.50. The van der Waals surface area contributed by atoms with Crippen LogP contribution < -0.4 is 14.8 Å². The molecule has 0 aliphatic carbocycles. The maximum atomic E-state index is 12.7. The fourth-order valence-corrected chi connectivity index (χ4v) is 4.70. The molecule has 0 fully saturated rings. The molecule has 0 saturated heterocycles. The minimum atomic E-state index is -4.79. The third kappa shape index (κ3) is 6.17. The molecule has 2 heterocycles. The molecule has 0 aliphatic heterocycles. The van der Waals surface area contributed by atoms with Crippen molar-refractivity contribution in [3.05, 3.63) is 79.0 Å². The number of nitrogens with one attached hydrogen (secondary N) is 2. The number of rotatable bonds is 9. The van der Waals surface area contributed by atoms with Crippen molar-refractivity contribution in [3.63, 3.8) is 0 Å². The molecule has 5 aromatic rings. The third-order valence-electron chi connectivity index (χ3n) is 5.57. The van der Waals surface area contributed by atoms with Gasteiger partial charge in [-0.05, 0) is 61.5 Å². The normalized spacial score (nSPS) is 11.5. The Bertz CT molecular complexity index is 1580. The summed E-state index contributed by atoms with van der Waals surface area (Å²) in [5.74, 6) is 0.578. The first-order valence-corrected chi connectivity index (χ1v) is 12.8. The molecule has 0 atom stereocenters. The maximum absolute atomic E-state index is 12.7. The highest BCUT2D eigenvalue weighted by Gasteiger charge is 2.31. The maximum Gasteiger partial charge on any atom is 0.573 e. The van der Waals surface area contributed by atoms with Gasteiger partial charge in [-0.2, -0.15) is 0 Å².